The Bertz CT molecular complexity index is 701. The van der Waals surface area contributed by atoms with Crippen LogP contribution in [0.5, 0.6) is 5.75 Å². The van der Waals surface area contributed by atoms with E-state index in [0.717, 1.165) is 0 Å². The first kappa shape index (κ1) is 14.6. The van der Waals surface area contributed by atoms with Crippen LogP contribution in [0.1, 0.15) is 15.9 Å². The molecule has 0 saturated heterocycles. The minimum absolute atomic E-state index is 0.0185. The topological polar surface area (TPSA) is 69.9 Å². The molecule has 0 amide bonds. The Morgan fingerprint density at radius 1 is 1.25 bits per heavy atom. The predicted octanol–water partition coefficient (Wildman–Crippen LogP) is 4.26. The van der Waals surface area contributed by atoms with E-state index in [-0.39, 0.29) is 17.0 Å². The Hall–Kier alpha value is -1.85. The maximum atomic E-state index is 11.1. The molecule has 102 valence electrons. The highest BCUT2D eigenvalue weighted by Crippen LogP contribution is 2.25. The third-order valence-corrected chi connectivity index (χ3v) is 3.25. The van der Waals surface area contributed by atoms with E-state index in [4.69, 9.17) is 16.7 Å². The lowest BCUT2D eigenvalue weighted by atomic mass is 10.2. The zero-order valence-electron chi connectivity index (χ0n) is 10.0. The minimum Gasteiger partial charge on any atom is -0.507 e. The Balaban J connectivity index is 2.43. The van der Waals surface area contributed by atoms with Crippen LogP contribution < -0.4 is 0 Å². The Labute approximate surface area is 128 Å². The van der Waals surface area contributed by atoms with Crippen molar-refractivity contribution in [3.63, 3.8) is 0 Å². The Kier molecular flexibility index (Phi) is 4.42. The van der Waals surface area contributed by atoms with E-state index in [1.807, 2.05) is 0 Å². The van der Waals surface area contributed by atoms with Crippen molar-refractivity contribution < 1.29 is 15.0 Å². The van der Waals surface area contributed by atoms with Crippen molar-refractivity contribution in [3.05, 3.63) is 57.0 Å². The molecule has 0 aliphatic carbocycles. The first-order valence-corrected chi connectivity index (χ1v) is 6.70. The van der Waals surface area contributed by atoms with Crippen molar-refractivity contribution in [3.8, 4) is 5.75 Å². The van der Waals surface area contributed by atoms with E-state index in [2.05, 4.69) is 20.9 Å². The van der Waals surface area contributed by atoms with Crippen molar-refractivity contribution in [1.29, 1.82) is 0 Å². The molecule has 0 spiro atoms. The van der Waals surface area contributed by atoms with E-state index in [0.29, 0.717) is 15.1 Å². The third kappa shape index (κ3) is 3.37. The zero-order chi connectivity index (χ0) is 14.7. The van der Waals surface area contributed by atoms with Crippen LogP contribution in [-0.4, -0.2) is 22.4 Å². The number of hydrogen-bond acceptors (Lipinski definition) is 3. The molecule has 0 heterocycles. The normalized spacial score (nSPS) is 10.9. The quantitative estimate of drug-likeness (QED) is 0.809. The summed E-state index contributed by atoms with van der Waals surface area (Å²) in [6.07, 6.45) is 1.37. The highest BCUT2D eigenvalue weighted by molar-refractivity contribution is 9.10. The summed E-state index contributed by atoms with van der Waals surface area (Å²) in [6.45, 7) is 0. The number of carboxylic acid groups (broad SMARTS) is 1. The summed E-state index contributed by atoms with van der Waals surface area (Å²) < 4.78 is 0.713. The molecule has 0 bridgehead atoms. The van der Waals surface area contributed by atoms with Crippen LogP contribution in [-0.2, 0) is 0 Å². The van der Waals surface area contributed by atoms with Crippen LogP contribution in [0.4, 0.5) is 5.69 Å². The lowest BCUT2D eigenvalue weighted by Gasteiger charge is -2.02. The molecule has 0 radical (unpaired) electrons. The third-order valence-electron chi connectivity index (χ3n) is 2.52. The number of aromatic carboxylic acids is 1. The van der Waals surface area contributed by atoms with Crippen LogP contribution >= 0.6 is 27.5 Å². The highest BCUT2D eigenvalue weighted by atomic mass is 79.9. The first-order chi connectivity index (χ1) is 9.47. The minimum atomic E-state index is -1.07. The number of rotatable bonds is 3. The summed E-state index contributed by atoms with van der Waals surface area (Å²) in [5, 5.41) is 19.2. The molecule has 20 heavy (non-hydrogen) atoms. The van der Waals surface area contributed by atoms with Crippen LogP contribution in [0.2, 0.25) is 5.02 Å². The van der Waals surface area contributed by atoms with Gasteiger partial charge in [0.1, 0.15) is 5.75 Å². The average Bonchev–Trinajstić information content (AvgIpc) is 2.39. The molecule has 0 aliphatic rings. The summed E-state index contributed by atoms with van der Waals surface area (Å²) >= 11 is 9.09. The zero-order valence-corrected chi connectivity index (χ0v) is 12.4. The Morgan fingerprint density at radius 3 is 2.70 bits per heavy atom. The summed E-state index contributed by atoms with van der Waals surface area (Å²) in [5.74, 6) is -1.05. The van der Waals surface area contributed by atoms with E-state index < -0.39 is 5.97 Å². The molecule has 0 unspecified atom stereocenters. The lowest BCUT2D eigenvalue weighted by molar-refractivity contribution is 0.0698. The van der Waals surface area contributed by atoms with E-state index in [1.54, 1.807) is 24.3 Å². The maximum absolute atomic E-state index is 11.1. The van der Waals surface area contributed by atoms with Crippen LogP contribution in [0.3, 0.4) is 0 Å². The summed E-state index contributed by atoms with van der Waals surface area (Å²) in [5.41, 5.74) is 0.769. The van der Waals surface area contributed by atoms with E-state index in [9.17, 15) is 9.90 Å². The fourth-order valence-corrected chi connectivity index (χ4v) is 2.09. The van der Waals surface area contributed by atoms with Gasteiger partial charge in [0.15, 0.2) is 0 Å². The standard InChI is InChI=1S/C14H9BrClNO3/c15-9-1-3-11(14(19)20)12(6-9)17-7-8-5-10(16)2-4-13(8)18/h1-7,18H,(H,19,20). The molecule has 0 aliphatic heterocycles. The summed E-state index contributed by atoms with van der Waals surface area (Å²) in [4.78, 5) is 15.2. The Morgan fingerprint density at radius 2 is 2.00 bits per heavy atom. The highest BCUT2D eigenvalue weighted by Gasteiger charge is 2.09. The molecular formula is C14H9BrClNO3. The number of aromatic hydroxyl groups is 1. The summed E-state index contributed by atoms with van der Waals surface area (Å²) in [7, 11) is 0. The average molecular weight is 355 g/mol. The van der Waals surface area contributed by atoms with Gasteiger partial charge in [-0.3, -0.25) is 4.99 Å². The number of carbonyl (C=O) groups is 1. The predicted molar refractivity (Wildman–Crippen MR) is 81.5 cm³/mol. The molecule has 2 aromatic carbocycles. The molecule has 0 aromatic heterocycles. The van der Waals surface area contributed by atoms with Gasteiger partial charge in [0, 0.05) is 21.3 Å². The lowest BCUT2D eigenvalue weighted by Crippen LogP contribution is -1.96. The monoisotopic (exact) mass is 353 g/mol. The van der Waals surface area contributed by atoms with Gasteiger partial charge < -0.3 is 10.2 Å². The van der Waals surface area contributed by atoms with Gasteiger partial charge >= 0.3 is 5.97 Å². The fraction of sp³-hybridized carbons (Fsp3) is 0. The van der Waals surface area contributed by atoms with Gasteiger partial charge in [-0.15, -0.1) is 0 Å². The van der Waals surface area contributed by atoms with Crippen molar-refractivity contribution in [2.24, 2.45) is 4.99 Å². The van der Waals surface area contributed by atoms with Gasteiger partial charge in [-0.1, -0.05) is 27.5 Å². The molecular weight excluding hydrogens is 346 g/mol. The van der Waals surface area contributed by atoms with Crippen molar-refractivity contribution in [2.45, 2.75) is 0 Å². The van der Waals surface area contributed by atoms with Crippen LogP contribution in [0.15, 0.2) is 45.9 Å². The number of nitrogens with zero attached hydrogens (tertiary/aromatic N) is 1. The molecule has 6 heteroatoms. The van der Waals surface area contributed by atoms with Gasteiger partial charge in [0.05, 0.1) is 11.3 Å². The number of phenols is 1. The SMILES string of the molecule is O=C(O)c1ccc(Br)cc1N=Cc1cc(Cl)ccc1O. The van der Waals surface area contributed by atoms with Crippen LogP contribution in [0.25, 0.3) is 0 Å². The number of halogens is 2. The fourth-order valence-electron chi connectivity index (χ4n) is 1.56. The van der Waals surface area contributed by atoms with Crippen molar-refractivity contribution in [2.75, 3.05) is 0 Å². The maximum Gasteiger partial charge on any atom is 0.337 e. The van der Waals surface area contributed by atoms with E-state index in [1.165, 1.54) is 18.3 Å². The largest absolute Gasteiger partial charge is 0.507 e. The van der Waals surface area contributed by atoms with Crippen LogP contribution in [0, 0.1) is 0 Å². The number of aliphatic imine (C=N–C) groups is 1. The van der Waals surface area contributed by atoms with E-state index >= 15 is 0 Å². The molecule has 2 aromatic rings. The number of phenolic OH excluding ortho intramolecular Hbond substituents is 1. The smallest absolute Gasteiger partial charge is 0.337 e. The van der Waals surface area contributed by atoms with Gasteiger partial charge in [0.25, 0.3) is 0 Å². The molecule has 0 saturated carbocycles. The second kappa shape index (κ2) is 6.07. The molecule has 2 N–H and O–H groups in total. The number of hydrogen-bond donors (Lipinski definition) is 2. The molecule has 4 nitrogen and oxygen atoms in total. The molecule has 0 fully saturated rings. The van der Waals surface area contributed by atoms with Gasteiger partial charge in [-0.25, -0.2) is 4.79 Å². The second-order valence-electron chi connectivity index (χ2n) is 3.93. The number of benzene rings is 2. The second-order valence-corrected chi connectivity index (χ2v) is 5.28. The number of carboxylic acids is 1. The van der Waals surface area contributed by atoms with Gasteiger partial charge in [0.2, 0.25) is 0 Å². The molecule has 0 atom stereocenters. The van der Waals surface area contributed by atoms with Crippen molar-refractivity contribution >= 4 is 45.4 Å². The van der Waals surface area contributed by atoms with Gasteiger partial charge in [-0.05, 0) is 36.4 Å². The van der Waals surface area contributed by atoms with Crippen molar-refractivity contribution in [1.82, 2.24) is 0 Å². The van der Waals surface area contributed by atoms with Gasteiger partial charge in [-0.2, -0.15) is 0 Å². The molecule has 2 rings (SSSR count). The first-order valence-electron chi connectivity index (χ1n) is 5.53. The summed E-state index contributed by atoms with van der Waals surface area (Å²) in [6, 6.07) is 9.20.